The van der Waals surface area contributed by atoms with Crippen LogP contribution in [0, 0.1) is 0 Å². The van der Waals surface area contributed by atoms with Crippen LogP contribution in [0.15, 0.2) is 42.5 Å². The first-order valence-electron chi connectivity index (χ1n) is 14.0. The van der Waals surface area contributed by atoms with Crippen molar-refractivity contribution in [2.24, 2.45) is 0 Å². The molecule has 2 fully saturated rings. The number of aromatic hydroxyl groups is 1. The number of carbonyl (C=O) groups excluding carboxylic acids is 5. The lowest BCUT2D eigenvalue weighted by Crippen LogP contribution is -2.52. The van der Waals surface area contributed by atoms with E-state index in [-0.39, 0.29) is 55.4 Å². The molecule has 3 atom stereocenters. The van der Waals surface area contributed by atoms with E-state index in [2.05, 4.69) is 20.7 Å². The number of ether oxygens (including phenoxy) is 2. The van der Waals surface area contributed by atoms with Crippen LogP contribution in [0.5, 0.6) is 11.5 Å². The van der Waals surface area contributed by atoms with Crippen molar-refractivity contribution in [3.05, 3.63) is 59.2 Å². The summed E-state index contributed by atoms with van der Waals surface area (Å²) in [5, 5.41) is 17.0. The normalized spacial score (nSPS) is 19.4. The largest absolute Gasteiger partial charge is 0.507 e. The average Bonchev–Trinajstić information content (AvgIpc) is 3.55. The molecule has 0 bridgehead atoms. The number of amides is 4. The van der Waals surface area contributed by atoms with Gasteiger partial charge in [-0.1, -0.05) is 30.3 Å². The molecule has 0 saturated carbocycles. The molecule has 0 spiro atoms. The van der Waals surface area contributed by atoms with E-state index in [9.17, 15) is 37.5 Å². The van der Waals surface area contributed by atoms with Crippen LogP contribution in [0.25, 0.3) is 0 Å². The molecule has 44 heavy (non-hydrogen) atoms. The van der Waals surface area contributed by atoms with Crippen LogP contribution in [0.2, 0.25) is 0 Å². The van der Waals surface area contributed by atoms with Crippen LogP contribution in [0.3, 0.4) is 0 Å². The molecular weight excluding hydrogens is 596 g/mol. The highest BCUT2D eigenvalue weighted by atomic mass is 32.2. The first kappa shape index (κ1) is 32.3. The van der Waals surface area contributed by atoms with E-state index in [1.807, 2.05) is 4.72 Å². The number of nitrogens with one attached hydrogen (secondary N) is 4. The van der Waals surface area contributed by atoms with Gasteiger partial charge in [0.1, 0.15) is 34.4 Å². The molecule has 0 radical (unpaired) electrons. The second-order valence-electron chi connectivity index (χ2n) is 10.4. The lowest BCUT2D eigenvalue weighted by atomic mass is 10.0. The molecule has 1 unspecified atom stereocenters. The van der Waals surface area contributed by atoms with Gasteiger partial charge in [0.05, 0.1) is 20.1 Å². The molecule has 0 aliphatic carbocycles. The molecule has 2 saturated heterocycles. The van der Waals surface area contributed by atoms with Gasteiger partial charge in [-0.05, 0) is 42.5 Å². The highest BCUT2D eigenvalue weighted by Crippen LogP contribution is 2.30. The average molecular weight is 631 g/mol. The second-order valence-corrected chi connectivity index (χ2v) is 12.3. The summed E-state index contributed by atoms with van der Waals surface area (Å²) in [4.78, 5) is 61.1. The monoisotopic (exact) mass is 630 g/mol. The van der Waals surface area contributed by atoms with E-state index < -0.39 is 51.0 Å². The maximum Gasteiger partial charge on any atom is 0.345 e. The SMILES string of the molecule is COC(=O)c1c(O)cccc1OCCCCNC(=O)[C@H](Cc1ccc(C2CC(=O)NS2(=O)=O)cc1)NC(=O)[C@@H]1CCC(=O)N1. The molecule has 236 valence electrons. The summed E-state index contributed by atoms with van der Waals surface area (Å²) in [6.45, 7) is 0.438. The smallest absolute Gasteiger partial charge is 0.345 e. The molecule has 5 N–H and O–H groups in total. The maximum atomic E-state index is 13.2. The third-order valence-corrected chi connectivity index (χ3v) is 8.96. The van der Waals surface area contributed by atoms with E-state index in [0.717, 1.165) is 0 Å². The van der Waals surface area contributed by atoms with Crippen molar-refractivity contribution in [2.45, 2.75) is 55.9 Å². The van der Waals surface area contributed by atoms with Crippen LogP contribution in [-0.4, -0.2) is 75.5 Å². The Balaban J connectivity index is 1.33. The molecule has 2 aromatic rings. The summed E-state index contributed by atoms with van der Waals surface area (Å²) < 4.78 is 36.7. The quantitative estimate of drug-likeness (QED) is 0.152. The molecule has 15 heteroatoms. The number of hydrogen-bond acceptors (Lipinski definition) is 10. The summed E-state index contributed by atoms with van der Waals surface area (Å²) in [6, 6.07) is 9.09. The van der Waals surface area contributed by atoms with Crippen LogP contribution in [0.4, 0.5) is 0 Å². The Bertz CT molecular complexity index is 1530. The van der Waals surface area contributed by atoms with Crippen molar-refractivity contribution in [2.75, 3.05) is 20.3 Å². The Morgan fingerprint density at radius 2 is 1.82 bits per heavy atom. The second kappa shape index (κ2) is 14.2. The number of benzene rings is 2. The number of phenols is 1. The standard InChI is InChI=1S/C29H34N4O10S/c1-42-29(39)26-21(34)5-4-6-22(26)43-14-3-2-13-30-27(37)20(32-28(38)19-11-12-24(35)31-19)15-17-7-9-18(10-8-17)23-16-25(36)33-44(23,40)41/h4-10,19-20,23,34H,2-3,11-16H2,1H3,(H,30,37)(H,31,35)(H,32,38)(H,33,36)/t19-,20-,23?/m0/s1. The van der Waals surface area contributed by atoms with Gasteiger partial charge in [0.15, 0.2) is 0 Å². The molecule has 4 rings (SSSR count). The highest BCUT2D eigenvalue weighted by molar-refractivity contribution is 7.90. The summed E-state index contributed by atoms with van der Waals surface area (Å²) >= 11 is 0. The molecule has 2 aromatic carbocycles. The number of methoxy groups -OCH3 is 1. The molecule has 0 aromatic heterocycles. The lowest BCUT2D eigenvalue weighted by molar-refractivity contribution is -0.130. The third kappa shape index (κ3) is 8.03. The van der Waals surface area contributed by atoms with Gasteiger partial charge in [0, 0.05) is 19.4 Å². The topological polar surface area (TPSA) is 206 Å². The Kier molecular flexibility index (Phi) is 10.4. The van der Waals surface area contributed by atoms with Crippen molar-refractivity contribution in [1.29, 1.82) is 0 Å². The first-order chi connectivity index (χ1) is 21.0. The fourth-order valence-corrected chi connectivity index (χ4v) is 6.36. The van der Waals surface area contributed by atoms with Crippen LogP contribution in [0.1, 0.15) is 58.8 Å². The van der Waals surface area contributed by atoms with E-state index in [1.165, 1.54) is 25.3 Å². The van der Waals surface area contributed by atoms with E-state index in [1.54, 1.807) is 24.3 Å². The summed E-state index contributed by atoms with van der Waals surface area (Å²) in [5.74, 6) is -2.60. The van der Waals surface area contributed by atoms with E-state index in [0.29, 0.717) is 30.4 Å². The highest BCUT2D eigenvalue weighted by Gasteiger charge is 2.38. The van der Waals surface area contributed by atoms with Gasteiger partial charge in [-0.25, -0.2) is 13.2 Å². The molecular formula is C29H34N4O10S. The minimum absolute atomic E-state index is 0.0802. The van der Waals surface area contributed by atoms with E-state index in [4.69, 9.17) is 4.74 Å². The van der Waals surface area contributed by atoms with Gasteiger partial charge in [0.2, 0.25) is 33.7 Å². The number of esters is 1. The number of rotatable bonds is 13. The summed E-state index contributed by atoms with van der Waals surface area (Å²) in [5.41, 5.74) is 0.987. The number of sulfonamides is 1. The zero-order valence-electron chi connectivity index (χ0n) is 24.0. The van der Waals surface area contributed by atoms with Gasteiger partial charge >= 0.3 is 5.97 Å². The molecule has 4 amide bonds. The Hall–Kier alpha value is -4.66. The lowest BCUT2D eigenvalue weighted by Gasteiger charge is -2.21. The van der Waals surface area contributed by atoms with Crippen molar-refractivity contribution < 1.29 is 47.0 Å². The van der Waals surface area contributed by atoms with Crippen LogP contribution < -0.4 is 25.4 Å². The fourth-order valence-electron chi connectivity index (χ4n) is 4.93. The van der Waals surface area contributed by atoms with Gasteiger partial charge in [-0.15, -0.1) is 0 Å². The van der Waals surface area contributed by atoms with Gasteiger partial charge in [-0.3, -0.25) is 23.9 Å². The van der Waals surface area contributed by atoms with Gasteiger partial charge < -0.3 is 30.5 Å². The molecule has 2 heterocycles. The first-order valence-corrected chi connectivity index (χ1v) is 15.6. The Labute approximate surface area is 253 Å². The zero-order valence-corrected chi connectivity index (χ0v) is 24.8. The third-order valence-electron chi connectivity index (χ3n) is 7.26. The molecule has 14 nitrogen and oxygen atoms in total. The van der Waals surface area contributed by atoms with Crippen molar-refractivity contribution in [3.63, 3.8) is 0 Å². The number of unbranched alkanes of at least 4 members (excludes halogenated alkanes) is 1. The van der Waals surface area contributed by atoms with Crippen LogP contribution in [-0.2, 0) is 40.4 Å². The fraction of sp³-hybridized carbons (Fsp3) is 0.414. The van der Waals surface area contributed by atoms with Crippen molar-refractivity contribution in [3.8, 4) is 11.5 Å². The van der Waals surface area contributed by atoms with Gasteiger partial charge in [-0.2, -0.15) is 0 Å². The van der Waals surface area contributed by atoms with Crippen LogP contribution >= 0.6 is 0 Å². The molecule has 2 aliphatic heterocycles. The minimum Gasteiger partial charge on any atom is -0.507 e. The molecule has 2 aliphatic rings. The van der Waals surface area contributed by atoms with Crippen molar-refractivity contribution in [1.82, 2.24) is 20.7 Å². The zero-order chi connectivity index (χ0) is 31.9. The minimum atomic E-state index is -3.81. The Morgan fingerprint density at radius 1 is 1.07 bits per heavy atom. The van der Waals surface area contributed by atoms with E-state index >= 15 is 0 Å². The van der Waals surface area contributed by atoms with Crippen molar-refractivity contribution >= 4 is 39.6 Å². The number of phenolic OH excluding ortho intramolecular Hbond substituents is 1. The summed E-state index contributed by atoms with van der Waals surface area (Å²) in [7, 11) is -2.61. The van der Waals surface area contributed by atoms with Gasteiger partial charge in [0.25, 0.3) is 0 Å². The number of carbonyl (C=O) groups is 5. The number of hydrogen-bond donors (Lipinski definition) is 5. The maximum absolute atomic E-state index is 13.2. The Morgan fingerprint density at radius 3 is 2.45 bits per heavy atom. The predicted molar refractivity (Wildman–Crippen MR) is 155 cm³/mol. The predicted octanol–water partition coefficient (Wildman–Crippen LogP) is 0.351. The summed E-state index contributed by atoms with van der Waals surface area (Å²) in [6.07, 6.45) is 1.42.